The van der Waals surface area contributed by atoms with Gasteiger partial charge >= 0.3 is 0 Å². The third kappa shape index (κ3) is 6.61. The van der Waals surface area contributed by atoms with E-state index in [0.717, 1.165) is 58.3 Å². The molecule has 0 amide bonds. The number of nitrogens with zero attached hydrogens (tertiary/aromatic N) is 4. The Balaban J connectivity index is 1.78. The van der Waals surface area contributed by atoms with Gasteiger partial charge in [0.05, 0.1) is 13.2 Å². The first kappa shape index (κ1) is 20.7. The molecule has 1 atom stereocenters. The van der Waals surface area contributed by atoms with E-state index in [2.05, 4.69) is 39.5 Å². The fraction of sp³-hybridized carbons (Fsp3) is 0.789. The molecule has 0 spiro atoms. The number of nitrogens with one attached hydrogen (secondary N) is 2. The largest absolute Gasteiger partial charge is 0.379 e. The third-order valence-corrected chi connectivity index (χ3v) is 5.23. The van der Waals surface area contributed by atoms with Crippen molar-refractivity contribution in [2.24, 2.45) is 10.9 Å². The first-order chi connectivity index (χ1) is 12.8. The van der Waals surface area contributed by atoms with E-state index in [4.69, 9.17) is 4.74 Å². The summed E-state index contributed by atoms with van der Waals surface area (Å²) < 4.78 is 7.49. The lowest BCUT2D eigenvalue weighted by atomic mass is 9.92. The molecular formula is C19H36N6O. The summed E-state index contributed by atoms with van der Waals surface area (Å²) in [6, 6.07) is 2.48. The van der Waals surface area contributed by atoms with Gasteiger partial charge in [0, 0.05) is 58.2 Å². The minimum absolute atomic E-state index is 0.525. The summed E-state index contributed by atoms with van der Waals surface area (Å²) in [5.41, 5.74) is 0. The Bertz CT molecular complexity index is 494. The van der Waals surface area contributed by atoms with E-state index in [9.17, 15) is 0 Å². The van der Waals surface area contributed by atoms with Gasteiger partial charge in [-0.2, -0.15) is 5.10 Å². The van der Waals surface area contributed by atoms with E-state index in [-0.39, 0.29) is 0 Å². The van der Waals surface area contributed by atoms with Crippen molar-refractivity contribution >= 4 is 5.96 Å². The van der Waals surface area contributed by atoms with Gasteiger partial charge in [0.15, 0.2) is 5.96 Å². The van der Waals surface area contributed by atoms with Gasteiger partial charge in [-0.05, 0) is 18.4 Å². The maximum Gasteiger partial charge on any atom is 0.191 e. The highest BCUT2D eigenvalue weighted by Crippen LogP contribution is 2.19. The van der Waals surface area contributed by atoms with Gasteiger partial charge in [0.25, 0.3) is 0 Å². The van der Waals surface area contributed by atoms with Crippen LogP contribution >= 0.6 is 0 Å². The molecule has 0 radical (unpaired) electrons. The van der Waals surface area contributed by atoms with Crippen LogP contribution in [0, 0.1) is 5.92 Å². The van der Waals surface area contributed by atoms with Crippen LogP contribution in [0.15, 0.2) is 23.5 Å². The molecule has 0 bridgehead atoms. The summed E-state index contributed by atoms with van der Waals surface area (Å²) >= 11 is 0. The highest BCUT2D eigenvalue weighted by Gasteiger charge is 2.26. The van der Waals surface area contributed by atoms with Crippen molar-refractivity contribution in [2.45, 2.75) is 45.7 Å². The van der Waals surface area contributed by atoms with Gasteiger partial charge in [-0.25, -0.2) is 0 Å². The van der Waals surface area contributed by atoms with E-state index in [1.165, 1.54) is 12.8 Å². The number of hydrogen-bond donors (Lipinski definition) is 2. The number of aryl methyl sites for hydroxylation is 1. The standard InChI is InChI=1S/C19H36N6O/c1-4-17(5-2)18(24-12-14-26-15-13-24)16-22-19(20-3)21-8-6-10-25-11-7-9-23-25/h7,9,11,17-18H,4-6,8,10,12-16H2,1-3H3,(H2,20,21,22). The van der Waals surface area contributed by atoms with E-state index >= 15 is 0 Å². The predicted octanol–water partition coefficient (Wildman–Crippen LogP) is 1.58. The normalized spacial score (nSPS) is 17.5. The molecule has 7 heteroatoms. The summed E-state index contributed by atoms with van der Waals surface area (Å²) in [6.45, 7) is 11.1. The van der Waals surface area contributed by atoms with Gasteiger partial charge in [-0.15, -0.1) is 0 Å². The number of hydrogen-bond acceptors (Lipinski definition) is 4. The molecule has 2 heterocycles. The highest BCUT2D eigenvalue weighted by atomic mass is 16.5. The van der Waals surface area contributed by atoms with Crippen molar-refractivity contribution in [3.63, 3.8) is 0 Å². The zero-order valence-electron chi connectivity index (χ0n) is 16.7. The van der Waals surface area contributed by atoms with Crippen molar-refractivity contribution < 1.29 is 4.74 Å². The highest BCUT2D eigenvalue weighted by molar-refractivity contribution is 5.79. The van der Waals surface area contributed by atoms with Crippen LogP contribution in [-0.2, 0) is 11.3 Å². The Labute approximate surface area is 158 Å². The first-order valence-electron chi connectivity index (χ1n) is 10.0. The van der Waals surface area contributed by atoms with Gasteiger partial charge in [0.2, 0.25) is 0 Å². The van der Waals surface area contributed by atoms with Crippen LogP contribution in [0.2, 0.25) is 0 Å². The number of guanidine groups is 1. The Morgan fingerprint density at radius 2 is 2.00 bits per heavy atom. The van der Waals surface area contributed by atoms with Crippen molar-refractivity contribution in [3.05, 3.63) is 18.5 Å². The lowest BCUT2D eigenvalue weighted by molar-refractivity contribution is 0.00272. The quantitative estimate of drug-likeness (QED) is 0.375. The summed E-state index contributed by atoms with van der Waals surface area (Å²) in [7, 11) is 1.84. The molecule has 2 N–H and O–H groups in total. The summed E-state index contributed by atoms with van der Waals surface area (Å²) in [5, 5.41) is 11.2. The fourth-order valence-electron chi connectivity index (χ4n) is 3.64. The summed E-state index contributed by atoms with van der Waals surface area (Å²) in [5.74, 6) is 1.58. The Kier molecular flexibility index (Phi) is 9.48. The molecule has 0 saturated carbocycles. The maximum atomic E-state index is 5.53. The van der Waals surface area contributed by atoms with Crippen molar-refractivity contribution in [3.8, 4) is 0 Å². The Morgan fingerprint density at radius 1 is 1.23 bits per heavy atom. The third-order valence-electron chi connectivity index (χ3n) is 5.23. The molecule has 1 aromatic rings. The van der Waals surface area contributed by atoms with E-state index in [1.54, 1.807) is 0 Å². The molecule has 1 aliphatic heterocycles. The molecule has 1 fully saturated rings. The van der Waals surface area contributed by atoms with Crippen molar-refractivity contribution in [2.75, 3.05) is 46.4 Å². The number of morpholine rings is 1. The summed E-state index contributed by atoms with van der Waals surface area (Å²) in [4.78, 5) is 6.96. The van der Waals surface area contributed by atoms with Crippen LogP contribution in [0.25, 0.3) is 0 Å². The molecule has 26 heavy (non-hydrogen) atoms. The smallest absolute Gasteiger partial charge is 0.191 e. The maximum absolute atomic E-state index is 5.53. The molecule has 148 valence electrons. The van der Waals surface area contributed by atoms with Crippen LogP contribution in [0.4, 0.5) is 0 Å². The van der Waals surface area contributed by atoms with E-state index < -0.39 is 0 Å². The van der Waals surface area contributed by atoms with Crippen LogP contribution in [0.3, 0.4) is 0 Å². The number of aromatic nitrogens is 2. The van der Waals surface area contributed by atoms with Gasteiger partial charge in [-0.3, -0.25) is 14.6 Å². The van der Waals surface area contributed by atoms with Crippen LogP contribution < -0.4 is 10.6 Å². The van der Waals surface area contributed by atoms with Gasteiger partial charge in [0.1, 0.15) is 0 Å². The monoisotopic (exact) mass is 364 g/mol. The topological polar surface area (TPSA) is 66.7 Å². The van der Waals surface area contributed by atoms with E-state index in [1.807, 2.05) is 30.2 Å². The minimum Gasteiger partial charge on any atom is -0.379 e. The fourth-order valence-corrected chi connectivity index (χ4v) is 3.64. The second kappa shape index (κ2) is 11.9. The van der Waals surface area contributed by atoms with Crippen LogP contribution in [0.5, 0.6) is 0 Å². The van der Waals surface area contributed by atoms with E-state index in [0.29, 0.717) is 12.0 Å². The average Bonchev–Trinajstić information content (AvgIpc) is 3.20. The molecule has 1 unspecified atom stereocenters. The molecule has 7 nitrogen and oxygen atoms in total. The number of rotatable bonds is 10. The number of ether oxygens (including phenoxy) is 1. The molecule has 1 saturated heterocycles. The predicted molar refractivity (Wildman–Crippen MR) is 106 cm³/mol. The van der Waals surface area contributed by atoms with Crippen LogP contribution in [-0.4, -0.2) is 73.1 Å². The molecule has 0 aliphatic carbocycles. The zero-order chi connectivity index (χ0) is 18.6. The second-order valence-corrected chi connectivity index (χ2v) is 6.79. The minimum atomic E-state index is 0.525. The Hall–Kier alpha value is -1.60. The first-order valence-corrected chi connectivity index (χ1v) is 10.0. The Morgan fingerprint density at radius 3 is 2.62 bits per heavy atom. The molecule has 1 aliphatic rings. The molecule has 1 aromatic heterocycles. The lowest BCUT2D eigenvalue weighted by Gasteiger charge is -2.39. The number of aliphatic imine (C=N–C) groups is 1. The van der Waals surface area contributed by atoms with Gasteiger partial charge < -0.3 is 15.4 Å². The molecule has 2 rings (SSSR count). The second-order valence-electron chi connectivity index (χ2n) is 6.79. The average molecular weight is 365 g/mol. The summed E-state index contributed by atoms with van der Waals surface area (Å²) in [6.07, 6.45) is 7.24. The lowest BCUT2D eigenvalue weighted by Crippen LogP contribution is -2.53. The zero-order valence-corrected chi connectivity index (χ0v) is 16.7. The SMILES string of the molecule is CCC(CC)C(CNC(=NC)NCCCn1cccn1)N1CCOCC1. The molecular weight excluding hydrogens is 328 g/mol. The van der Waals surface area contributed by atoms with Crippen molar-refractivity contribution in [1.29, 1.82) is 0 Å². The van der Waals surface area contributed by atoms with Gasteiger partial charge in [-0.1, -0.05) is 26.7 Å². The van der Waals surface area contributed by atoms with Crippen LogP contribution in [0.1, 0.15) is 33.1 Å². The van der Waals surface area contributed by atoms with Crippen molar-refractivity contribution in [1.82, 2.24) is 25.3 Å². The molecule has 0 aromatic carbocycles.